The zero-order valence-electron chi connectivity index (χ0n) is 14.4. The molecule has 0 aliphatic carbocycles. The second-order valence-electron chi connectivity index (χ2n) is 6.53. The number of rotatable bonds is 12. The topological polar surface area (TPSA) is 26.3 Å². The van der Waals surface area contributed by atoms with Gasteiger partial charge < -0.3 is 4.74 Å². The van der Waals surface area contributed by atoms with Gasteiger partial charge in [-0.15, -0.1) is 0 Å². The highest BCUT2D eigenvalue weighted by Crippen LogP contribution is 2.23. The van der Waals surface area contributed by atoms with Gasteiger partial charge in [0.2, 0.25) is 0 Å². The molecule has 0 saturated heterocycles. The van der Waals surface area contributed by atoms with Crippen LogP contribution in [0.25, 0.3) is 0 Å². The first kappa shape index (κ1) is 19.5. The van der Waals surface area contributed by atoms with Crippen molar-refractivity contribution in [1.29, 1.82) is 0 Å². The molecule has 0 bridgehead atoms. The molecule has 0 radical (unpaired) electrons. The summed E-state index contributed by atoms with van der Waals surface area (Å²) in [6, 6.07) is 0. The highest BCUT2D eigenvalue weighted by atomic mass is 16.5. The molecule has 3 unspecified atom stereocenters. The number of carbonyl (C=O) groups excluding carboxylic acids is 1. The SMILES string of the molecule is CCC(C)CCCC(CC)CCCC(C)CC(=O)OC. The molecule has 0 aromatic rings. The molecule has 0 saturated carbocycles. The van der Waals surface area contributed by atoms with Crippen LogP contribution in [0.3, 0.4) is 0 Å². The van der Waals surface area contributed by atoms with Gasteiger partial charge in [0.1, 0.15) is 0 Å². The van der Waals surface area contributed by atoms with E-state index < -0.39 is 0 Å². The summed E-state index contributed by atoms with van der Waals surface area (Å²) in [6.07, 6.45) is 11.0. The molecular formula is C18H36O2. The summed E-state index contributed by atoms with van der Waals surface area (Å²) in [5, 5.41) is 0. The third-order valence-electron chi connectivity index (χ3n) is 4.64. The first-order valence-corrected chi connectivity index (χ1v) is 8.60. The van der Waals surface area contributed by atoms with E-state index in [2.05, 4.69) is 27.7 Å². The van der Waals surface area contributed by atoms with Gasteiger partial charge in [-0.3, -0.25) is 4.79 Å². The smallest absolute Gasteiger partial charge is 0.305 e. The quantitative estimate of drug-likeness (QED) is 0.436. The van der Waals surface area contributed by atoms with E-state index in [1.165, 1.54) is 52.1 Å². The van der Waals surface area contributed by atoms with Crippen LogP contribution in [0.1, 0.15) is 85.5 Å². The van der Waals surface area contributed by atoms with E-state index in [0.717, 1.165) is 18.3 Å². The predicted octanol–water partition coefficient (Wildman–Crippen LogP) is 5.60. The first-order chi connectivity index (χ1) is 9.53. The predicted molar refractivity (Wildman–Crippen MR) is 86.7 cm³/mol. The Kier molecular flexibility index (Phi) is 11.9. The third kappa shape index (κ3) is 10.3. The van der Waals surface area contributed by atoms with Crippen LogP contribution in [0.2, 0.25) is 0 Å². The van der Waals surface area contributed by atoms with E-state index in [1.807, 2.05) is 0 Å². The van der Waals surface area contributed by atoms with Crippen molar-refractivity contribution in [2.75, 3.05) is 7.11 Å². The first-order valence-electron chi connectivity index (χ1n) is 8.60. The fourth-order valence-corrected chi connectivity index (χ4v) is 2.74. The van der Waals surface area contributed by atoms with Crippen LogP contribution >= 0.6 is 0 Å². The number of carbonyl (C=O) groups is 1. The Balaban J connectivity index is 3.70. The summed E-state index contributed by atoms with van der Waals surface area (Å²) in [6.45, 7) is 9.10. The van der Waals surface area contributed by atoms with Crippen LogP contribution in [0, 0.1) is 17.8 Å². The molecule has 0 rings (SSSR count). The standard InChI is InChI=1S/C18H36O2/c1-6-15(3)10-8-12-17(7-2)13-9-11-16(4)14-18(19)20-5/h15-17H,6-14H2,1-5H3. The van der Waals surface area contributed by atoms with Crippen LogP contribution in [0.4, 0.5) is 0 Å². The summed E-state index contributed by atoms with van der Waals surface area (Å²) >= 11 is 0. The van der Waals surface area contributed by atoms with Crippen molar-refractivity contribution in [2.45, 2.75) is 85.5 Å². The molecule has 0 fully saturated rings. The molecule has 0 heterocycles. The largest absolute Gasteiger partial charge is 0.469 e. The number of hydrogen-bond acceptors (Lipinski definition) is 2. The van der Waals surface area contributed by atoms with E-state index in [0.29, 0.717) is 12.3 Å². The molecule has 2 heteroatoms. The Morgan fingerprint density at radius 3 is 1.90 bits per heavy atom. The van der Waals surface area contributed by atoms with Gasteiger partial charge in [0.05, 0.1) is 7.11 Å². The van der Waals surface area contributed by atoms with Crippen molar-refractivity contribution in [3.8, 4) is 0 Å². The molecule has 0 aromatic carbocycles. The van der Waals surface area contributed by atoms with Crippen LogP contribution in [-0.2, 0) is 9.53 Å². The zero-order valence-corrected chi connectivity index (χ0v) is 14.4. The lowest BCUT2D eigenvalue weighted by molar-refractivity contribution is -0.141. The minimum Gasteiger partial charge on any atom is -0.469 e. The van der Waals surface area contributed by atoms with Crippen molar-refractivity contribution < 1.29 is 9.53 Å². The summed E-state index contributed by atoms with van der Waals surface area (Å²) < 4.78 is 4.72. The molecule has 0 aliphatic rings. The van der Waals surface area contributed by atoms with Crippen molar-refractivity contribution >= 4 is 5.97 Å². The number of esters is 1. The fourth-order valence-electron chi connectivity index (χ4n) is 2.74. The van der Waals surface area contributed by atoms with Crippen molar-refractivity contribution in [3.63, 3.8) is 0 Å². The second kappa shape index (κ2) is 12.2. The average molecular weight is 284 g/mol. The van der Waals surface area contributed by atoms with Gasteiger partial charge in [-0.1, -0.05) is 79.1 Å². The van der Waals surface area contributed by atoms with Gasteiger partial charge in [-0.05, 0) is 17.8 Å². The molecule has 0 aliphatic heterocycles. The van der Waals surface area contributed by atoms with Gasteiger partial charge in [0, 0.05) is 6.42 Å². The van der Waals surface area contributed by atoms with E-state index >= 15 is 0 Å². The summed E-state index contributed by atoms with van der Waals surface area (Å²) in [4.78, 5) is 11.2. The van der Waals surface area contributed by atoms with Crippen molar-refractivity contribution in [3.05, 3.63) is 0 Å². The molecule has 0 N–H and O–H groups in total. The Labute approximate surface area is 126 Å². The maximum absolute atomic E-state index is 11.2. The van der Waals surface area contributed by atoms with Gasteiger partial charge in [-0.25, -0.2) is 0 Å². The molecule has 20 heavy (non-hydrogen) atoms. The third-order valence-corrected chi connectivity index (χ3v) is 4.64. The summed E-state index contributed by atoms with van der Waals surface area (Å²) in [5.41, 5.74) is 0. The Morgan fingerprint density at radius 2 is 1.45 bits per heavy atom. The lowest BCUT2D eigenvalue weighted by Crippen LogP contribution is -2.08. The summed E-state index contributed by atoms with van der Waals surface area (Å²) in [5.74, 6) is 2.15. The highest BCUT2D eigenvalue weighted by Gasteiger charge is 2.11. The molecule has 120 valence electrons. The van der Waals surface area contributed by atoms with Crippen molar-refractivity contribution in [1.82, 2.24) is 0 Å². The molecule has 3 atom stereocenters. The molecule has 0 amide bonds. The lowest BCUT2D eigenvalue weighted by atomic mass is 9.89. The summed E-state index contributed by atoms with van der Waals surface area (Å²) in [7, 11) is 1.47. The van der Waals surface area contributed by atoms with Crippen LogP contribution in [0.15, 0.2) is 0 Å². The highest BCUT2D eigenvalue weighted by molar-refractivity contribution is 5.69. The van der Waals surface area contributed by atoms with Crippen molar-refractivity contribution in [2.24, 2.45) is 17.8 Å². The van der Waals surface area contributed by atoms with E-state index in [-0.39, 0.29) is 5.97 Å². The minimum atomic E-state index is -0.0712. The molecular weight excluding hydrogens is 248 g/mol. The number of methoxy groups -OCH3 is 1. The molecule has 2 nitrogen and oxygen atoms in total. The second-order valence-corrected chi connectivity index (χ2v) is 6.53. The average Bonchev–Trinajstić information content (AvgIpc) is 2.44. The van der Waals surface area contributed by atoms with Gasteiger partial charge >= 0.3 is 5.97 Å². The normalized spacial score (nSPS) is 15.7. The van der Waals surface area contributed by atoms with Crippen LogP contribution in [-0.4, -0.2) is 13.1 Å². The van der Waals surface area contributed by atoms with E-state index in [9.17, 15) is 4.79 Å². The Morgan fingerprint density at radius 1 is 0.900 bits per heavy atom. The fraction of sp³-hybridized carbons (Fsp3) is 0.944. The molecule has 0 aromatic heterocycles. The minimum absolute atomic E-state index is 0.0712. The zero-order chi connectivity index (χ0) is 15.4. The maximum Gasteiger partial charge on any atom is 0.305 e. The number of hydrogen-bond donors (Lipinski definition) is 0. The van der Waals surface area contributed by atoms with Gasteiger partial charge in [0.25, 0.3) is 0 Å². The van der Waals surface area contributed by atoms with Gasteiger partial charge in [0.15, 0.2) is 0 Å². The Hall–Kier alpha value is -0.530. The van der Waals surface area contributed by atoms with Gasteiger partial charge in [-0.2, -0.15) is 0 Å². The number of ether oxygens (including phenoxy) is 1. The molecule has 0 spiro atoms. The van der Waals surface area contributed by atoms with Crippen LogP contribution < -0.4 is 0 Å². The van der Waals surface area contributed by atoms with E-state index in [4.69, 9.17) is 4.74 Å². The lowest BCUT2D eigenvalue weighted by Gasteiger charge is -2.17. The van der Waals surface area contributed by atoms with E-state index in [1.54, 1.807) is 0 Å². The van der Waals surface area contributed by atoms with Crippen LogP contribution in [0.5, 0.6) is 0 Å². The Bertz CT molecular complexity index is 238. The maximum atomic E-state index is 11.2. The monoisotopic (exact) mass is 284 g/mol.